The van der Waals surface area contributed by atoms with Crippen LogP contribution in [-0.4, -0.2) is 52.2 Å². The molecule has 3 heterocycles. The van der Waals surface area contributed by atoms with Gasteiger partial charge >= 0.3 is 0 Å². The van der Waals surface area contributed by atoms with Gasteiger partial charge in [-0.3, -0.25) is 4.79 Å². The summed E-state index contributed by atoms with van der Waals surface area (Å²) in [5.41, 5.74) is 1.15. The van der Waals surface area contributed by atoms with E-state index in [0.29, 0.717) is 31.2 Å². The Kier molecular flexibility index (Phi) is 4.70. The van der Waals surface area contributed by atoms with Crippen molar-refractivity contribution in [1.29, 1.82) is 0 Å². The highest BCUT2D eigenvalue weighted by atomic mass is 16.6. The molecule has 2 aromatic rings. The summed E-state index contributed by atoms with van der Waals surface area (Å²) in [7, 11) is 0. The molecule has 1 amide bonds. The van der Waals surface area contributed by atoms with E-state index in [1.807, 2.05) is 35.2 Å². The van der Waals surface area contributed by atoms with E-state index < -0.39 is 5.60 Å². The Balaban J connectivity index is 1.50. The van der Waals surface area contributed by atoms with Gasteiger partial charge < -0.3 is 14.4 Å². The highest BCUT2D eigenvalue weighted by Crippen LogP contribution is 2.37. The summed E-state index contributed by atoms with van der Waals surface area (Å²) in [6.45, 7) is 4.10. The molecule has 0 N–H and O–H groups in total. The van der Waals surface area contributed by atoms with Gasteiger partial charge in [-0.05, 0) is 31.4 Å². The number of aryl methyl sites for hydroxylation is 1. The van der Waals surface area contributed by atoms with Crippen LogP contribution in [0.4, 0.5) is 0 Å². The summed E-state index contributed by atoms with van der Waals surface area (Å²) in [5.74, 6) is 0.509. The minimum Gasteiger partial charge on any atom is -0.370 e. The summed E-state index contributed by atoms with van der Waals surface area (Å²) >= 11 is 0. The van der Waals surface area contributed by atoms with Crippen LogP contribution in [-0.2, 0) is 16.1 Å². The molecule has 136 valence electrons. The topological polar surface area (TPSA) is 64.6 Å². The molecule has 1 aromatic carbocycles. The number of hydrogen-bond donors (Lipinski definition) is 0. The van der Waals surface area contributed by atoms with Gasteiger partial charge in [-0.25, -0.2) is 9.97 Å². The Morgan fingerprint density at radius 2 is 2.19 bits per heavy atom. The first kappa shape index (κ1) is 17.1. The first-order chi connectivity index (χ1) is 12.7. The van der Waals surface area contributed by atoms with Gasteiger partial charge in [0.15, 0.2) is 0 Å². The fraction of sp³-hybridized carbons (Fsp3) is 0.450. The smallest absolute Gasteiger partial charge is 0.272 e. The molecule has 6 nitrogen and oxygen atoms in total. The zero-order chi connectivity index (χ0) is 18.0. The van der Waals surface area contributed by atoms with Crippen molar-refractivity contribution in [2.75, 3.05) is 19.7 Å². The van der Waals surface area contributed by atoms with Crippen LogP contribution in [0, 0.1) is 6.92 Å². The first-order valence-electron chi connectivity index (χ1n) is 9.05. The van der Waals surface area contributed by atoms with Gasteiger partial charge in [0.2, 0.25) is 0 Å². The van der Waals surface area contributed by atoms with E-state index in [2.05, 4.69) is 9.97 Å². The first-order valence-corrected chi connectivity index (χ1v) is 9.05. The molecule has 1 spiro atoms. The zero-order valence-electron chi connectivity index (χ0n) is 14.9. The highest BCUT2D eigenvalue weighted by Gasteiger charge is 2.52. The molecular formula is C20H23N3O3. The molecule has 0 aliphatic carbocycles. The van der Waals surface area contributed by atoms with Crippen LogP contribution in [0.5, 0.6) is 0 Å². The third kappa shape index (κ3) is 3.34. The second-order valence-corrected chi connectivity index (χ2v) is 6.98. The Morgan fingerprint density at radius 3 is 2.92 bits per heavy atom. The molecule has 0 radical (unpaired) electrons. The van der Waals surface area contributed by atoms with Crippen molar-refractivity contribution in [3.63, 3.8) is 0 Å². The highest BCUT2D eigenvalue weighted by molar-refractivity contribution is 5.92. The lowest BCUT2D eigenvalue weighted by atomic mass is 9.96. The molecule has 0 bridgehead atoms. The van der Waals surface area contributed by atoms with Crippen molar-refractivity contribution in [2.24, 2.45) is 0 Å². The van der Waals surface area contributed by atoms with E-state index in [4.69, 9.17) is 9.47 Å². The number of benzene rings is 1. The predicted molar refractivity (Wildman–Crippen MR) is 95.6 cm³/mol. The van der Waals surface area contributed by atoms with Crippen LogP contribution in [0.2, 0.25) is 0 Å². The maximum atomic E-state index is 12.9. The molecule has 0 unspecified atom stereocenters. The van der Waals surface area contributed by atoms with Crippen molar-refractivity contribution in [2.45, 2.75) is 38.1 Å². The summed E-state index contributed by atoms with van der Waals surface area (Å²) in [6, 6.07) is 11.7. The van der Waals surface area contributed by atoms with Gasteiger partial charge in [0.1, 0.15) is 23.2 Å². The normalized spacial score (nSPS) is 25.1. The quantitative estimate of drug-likeness (QED) is 0.844. The lowest BCUT2D eigenvalue weighted by Gasteiger charge is -2.28. The van der Waals surface area contributed by atoms with E-state index in [1.165, 1.54) is 0 Å². The molecule has 4 rings (SSSR count). The van der Waals surface area contributed by atoms with Crippen LogP contribution in [0.3, 0.4) is 0 Å². The minimum atomic E-state index is -0.396. The predicted octanol–water partition coefficient (Wildman–Crippen LogP) is 2.38. The van der Waals surface area contributed by atoms with E-state index in [1.54, 1.807) is 19.2 Å². The van der Waals surface area contributed by atoms with Crippen molar-refractivity contribution in [3.05, 3.63) is 59.7 Å². The lowest BCUT2D eigenvalue weighted by Crippen LogP contribution is -2.42. The molecule has 1 aromatic heterocycles. The number of rotatable bonds is 4. The van der Waals surface area contributed by atoms with Gasteiger partial charge in [0.05, 0.1) is 19.7 Å². The molecule has 2 aliphatic rings. The van der Waals surface area contributed by atoms with Gasteiger partial charge in [-0.2, -0.15) is 0 Å². The Labute approximate surface area is 153 Å². The van der Waals surface area contributed by atoms with E-state index in [-0.39, 0.29) is 12.0 Å². The van der Waals surface area contributed by atoms with Crippen LogP contribution in [0.25, 0.3) is 0 Å². The number of nitrogens with zero attached hydrogens (tertiary/aromatic N) is 3. The van der Waals surface area contributed by atoms with Gasteiger partial charge in [0, 0.05) is 12.8 Å². The fourth-order valence-corrected chi connectivity index (χ4v) is 3.82. The molecular weight excluding hydrogens is 330 g/mol. The number of ether oxygens (including phenoxy) is 2. The number of carbonyl (C=O) groups excluding carboxylic acids is 1. The van der Waals surface area contributed by atoms with E-state index in [0.717, 1.165) is 25.0 Å². The minimum absolute atomic E-state index is 0.0869. The average Bonchev–Trinajstić information content (AvgIpc) is 3.28. The molecule has 2 aliphatic heterocycles. The third-order valence-corrected chi connectivity index (χ3v) is 5.14. The van der Waals surface area contributed by atoms with Crippen molar-refractivity contribution < 1.29 is 14.3 Å². The van der Waals surface area contributed by atoms with Gasteiger partial charge in [0.25, 0.3) is 5.91 Å². The molecule has 2 atom stereocenters. The second kappa shape index (κ2) is 7.13. The Morgan fingerprint density at radius 1 is 1.35 bits per heavy atom. The van der Waals surface area contributed by atoms with Gasteiger partial charge in [-0.1, -0.05) is 30.3 Å². The zero-order valence-corrected chi connectivity index (χ0v) is 14.9. The standard InChI is InChI=1S/C20H23N3O3/c1-15-21-10-8-17(22-15)19(24)23-12-18(20(14-23)9-5-11-26-20)25-13-16-6-3-2-4-7-16/h2-4,6-8,10,18H,5,9,11-14H2,1H3/t18-,20-/m0/s1. The van der Waals surface area contributed by atoms with Crippen molar-refractivity contribution in [1.82, 2.24) is 14.9 Å². The van der Waals surface area contributed by atoms with Crippen LogP contribution < -0.4 is 0 Å². The molecule has 6 heteroatoms. The maximum absolute atomic E-state index is 12.9. The van der Waals surface area contributed by atoms with Crippen molar-refractivity contribution >= 4 is 5.91 Å². The largest absolute Gasteiger partial charge is 0.370 e. The summed E-state index contributed by atoms with van der Waals surface area (Å²) in [6.07, 6.45) is 3.41. The van der Waals surface area contributed by atoms with E-state index in [9.17, 15) is 4.79 Å². The number of amides is 1. The lowest BCUT2D eigenvalue weighted by molar-refractivity contribution is -0.0959. The maximum Gasteiger partial charge on any atom is 0.272 e. The summed E-state index contributed by atoms with van der Waals surface area (Å²) < 4.78 is 12.3. The monoisotopic (exact) mass is 353 g/mol. The number of carbonyl (C=O) groups is 1. The SMILES string of the molecule is Cc1nccc(C(=O)N2C[C@H](OCc3ccccc3)[C@]3(CCCO3)C2)n1. The van der Waals surface area contributed by atoms with Crippen molar-refractivity contribution in [3.8, 4) is 0 Å². The third-order valence-electron chi connectivity index (χ3n) is 5.14. The average molecular weight is 353 g/mol. The van der Waals surface area contributed by atoms with Crippen LogP contribution >= 0.6 is 0 Å². The molecule has 26 heavy (non-hydrogen) atoms. The second-order valence-electron chi connectivity index (χ2n) is 6.98. The number of hydrogen-bond acceptors (Lipinski definition) is 5. The molecule has 2 fully saturated rings. The van der Waals surface area contributed by atoms with Crippen LogP contribution in [0.15, 0.2) is 42.6 Å². The Bertz CT molecular complexity index is 775. The molecule has 0 saturated carbocycles. The fourth-order valence-electron chi connectivity index (χ4n) is 3.82. The summed E-state index contributed by atoms with van der Waals surface area (Å²) in [4.78, 5) is 23.0. The van der Waals surface area contributed by atoms with E-state index >= 15 is 0 Å². The van der Waals surface area contributed by atoms with Gasteiger partial charge in [-0.15, -0.1) is 0 Å². The number of aromatic nitrogens is 2. The molecule has 2 saturated heterocycles. The Hall–Kier alpha value is -2.31. The summed E-state index contributed by atoms with van der Waals surface area (Å²) in [5, 5.41) is 0. The van der Waals surface area contributed by atoms with Crippen LogP contribution in [0.1, 0.15) is 34.7 Å². The number of likely N-dealkylation sites (tertiary alicyclic amines) is 1.